The van der Waals surface area contributed by atoms with Crippen LogP contribution >= 0.6 is 11.6 Å². The summed E-state index contributed by atoms with van der Waals surface area (Å²) in [6, 6.07) is 92.6. The summed E-state index contributed by atoms with van der Waals surface area (Å²) in [5.74, 6) is 1.55. The number of benzene rings is 10. The lowest BCUT2D eigenvalue weighted by Gasteiger charge is -2.36. The second kappa shape index (κ2) is 20.6. The molecule has 10 aromatic rings. The number of hydrogen-bond acceptors (Lipinski definition) is 2. The SMILES string of the molecule is CC1CC(C)CC(c2cc(N(c3cccc(Cl)c3)c3c(-c4ccccc4)cccc3-c3ccccc3)cc(N(c3cccc(-c4ccccc4)c3)c3c(-c4ccccc4)cccc3-c3ccccc3)c2)C1. The minimum atomic E-state index is 0.349. The Hall–Kier alpha value is -7.91. The highest BCUT2D eigenvalue weighted by Crippen LogP contribution is 2.53. The van der Waals surface area contributed by atoms with Crippen LogP contribution in [0.15, 0.2) is 255 Å². The van der Waals surface area contributed by atoms with Gasteiger partial charge in [0.1, 0.15) is 0 Å². The highest BCUT2D eigenvalue weighted by Gasteiger charge is 2.30. The molecule has 0 heterocycles. The lowest BCUT2D eigenvalue weighted by molar-refractivity contribution is 0.268. The van der Waals surface area contributed by atoms with E-state index >= 15 is 0 Å². The predicted molar refractivity (Wildman–Crippen MR) is 303 cm³/mol. The fourth-order valence-electron chi connectivity index (χ4n) is 11.2. The molecule has 1 aliphatic carbocycles. The number of hydrogen-bond donors (Lipinski definition) is 0. The Kier molecular flexibility index (Phi) is 13.2. The number of halogens is 1. The lowest BCUT2D eigenvalue weighted by Crippen LogP contribution is -2.20. The predicted octanol–water partition coefficient (Wildman–Crippen LogP) is 20.2. The molecule has 1 fully saturated rings. The minimum absolute atomic E-state index is 0.349. The van der Waals surface area contributed by atoms with Gasteiger partial charge < -0.3 is 9.80 Å². The van der Waals surface area contributed by atoms with Crippen LogP contribution < -0.4 is 9.80 Å². The number of nitrogens with zero attached hydrogens (tertiary/aromatic N) is 2. The highest BCUT2D eigenvalue weighted by molar-refractivity contribution is 6.31. The van der Waals surface area contributed by atoms with Crippen LogP contribution in [0, 0.1) is 11.8 Å². The smallest absolute Gasteiger partial charge is 0.0618 e. The third-order valence-electron chi connectivity index (χ3n) is 14.2. The molecule has 0 aromatic heterocycles. The number of anilines is 6. The van der Waals surface area contributed by atoms with E-state index in [-0.39, 0.29) is 0 Å². The van der Waals surface area contributed by atoms with Crippen molar-refractivity contribution in [3.05, 3.63) is 265 Å². The van der Waals surface area contributed by atoms with Crippen LogP contribution in [0.5, 0.6) is 0 Å². The normalized spacial score (nSPS) is 15.5. The van der Waals surface area contributed by atoms with E-state index in [2.05, 4.69) is 272 Å². The molecule has 0 amide bonds. The zero-order chi connectivity index (χ0) is 48.1. The molecule has 0 bridgehead atoms. The molecule has 71 heavy (non-hydrogen) atoms. The molecule has 0 radical (unpaired) electrons. The molecule has 1 aliphatic rings. The van der Waals surface area contributed by atoms with Gasteiger partial charge >= 0.3 is 0 Å². The lowest BCUT2D eigenvalue weighted by atomic mass is 9.74. The van der Waals surface area contributed by atoms with Gasteiger partial charge in [-0.25, -0.2) is 0 Å². The first kappa shape index (κ1) is 45.5. The Labute approximate surface area is 425 Å². The summed E-state index contributed by atoms with van der Waals surface area (Å²) in [7, 11) is 0. The second-order valence-corrected chi connectivity index (χ2v) is 19.8. The maximum atomic E-state index is 7.09. The highest BCUT2D eigenvalue weighted by atomic mass is 35.5. The first-order valence-corrected chi connectivity index (χ1v) is 25.5. The average molecular weight is 938 g/mol. The molecular weight excluding hydrogens is 880 g/mol. The van der Waals surface area contributed by atoms with Gasteiger partial charge in [0.25, 0.3) is 0 Å². The van der Waals surface area contributed by atoms with Crippen molar-refractivity contribution in [3.63, 3.8) is 0 Å². The van der Waals surface area contributed by atoms with E-state index in [4.69, 9.17) is 11.6 Å². The van der Waals surface area contributed by atoms with Gasteiger partial charge in [-0.15, -0.1) is 0 Å². The maximum absolute atomic E-state index is 7.09. The van der Waals surface area contributed by atoms with Crippen molar-refractivity contribution in [2.75, 3.05) is 9.80 Å². The van der Waals surface area contributed by atoms with Gasteiger partial charge in [-0.05, 0) is 124 Å². The molecular formula is C68H57ClN2. The molecule has 346 valence electrons. The first-order chi connectivity index (χ1) is 34.9. The minimum Gasteiger partial charge on any atom is -0.309 e. The van der Waals surface area contributed by atoms with Crippen molar-refractivity contribution in [2.24, 2.45) is 11.8 Å². The molecule has 2 nitrogen and oxygen atoms in total. The molecule has 0 aliphatic heterocycles. The summed E-state index contributed by atoms with van der Waals surface area (Å²) >= 11 is 7.09. The summed E-state index contributed by atoms with van der Waals surface area (Å²) in [6.45, 7) is 4.88. The Morgan fingerprint density at radius 1 is 0.310 bits per heavy atom. The fourth-order valence-corrected chi connectivity index (χ4v) is 11.4. The summed E-state index contributed by atoms with van der Waals surface area (Å²) in [4.78, 5) is 5.04. The van der Waals surface area contributed by atoms with Crippen LogP contribution in [-0.2, 0) is 0 Å². The van der Waals surface area contributed by atoms with E-state index in [9.17, 15) is 0 Å². The third-order valence-corrected chi connectivity index (χ3v) is 14.5. The fraction of sp³-hybridized carbons (Fsp3) is 0.118. The Bertz CT molecular complexity index is 3270. The van der Waals surface area contributed by atoms with Crippen LogP contribution in [0.4, 0.5) is 34.1 Å². The Balaban J connectivity index is 1.26. The van der Waals surface area contributed by atoms with Crippen LogP contribution in [0.1, 0.15) is 44.6 Å². The molecule has 0 spiro atoms. The molecule has 2 atom stereocenters. The standard InChI is InChI=1S/C68H57ClN2/c1-48-40-49(2)42-56(41-48)57-44-61(47-62(45-57)71(60-35-19-33-58(69)46-60)68-65(53-28-14-6-15-29-53)38-21-39-66(68)54-30-16-7-17-31-54)70(59-34-18-32-55(43-59)50-22-8-3-9-23-50)67-63(51-24-10-4-11-25-51)36-20-37-64(67)52-26-12-5-13-27-52/h3-39,43-49,56H,40-42H2,1-2H3. The van der Waals surface area contributed by atoms with Gasteiger partial charge in [0, 0.05) is 50.0 Å². The van der Waals surface area contributed by atoms with Crippen molar-refractivity contribution in [1.29, 1.82) is 0 Å². The van der Waals surface area contributed by atoms with Gasteiger partial charge in [0.15, 0.2) is 0 Å². The zero-order valence-electron chi connectivity index (χ0n) is 40.4. The van der Waals surface area contributed by atoms with Crippen LogP contribution in [0.2, 0.25) is 5.02 Å². The summed E-state index contributed by atoms with van der Waals surface area (Å²) in [5.41, 5.74) is 19.2. The van der Waals surface area contributed by atoms with E-state index in [0.717, 1.165) is 97.0 Å². The maximum Gasteiger partial charge on any atom is 0.0618 e. The average Bonchev–Trinajstić information content (AvgIpc) is 3.42. The van der Waals surface area contributed by atoms with Crippen molar-refractivity contribution >= 4 is 45.7 Å². The molecule has 11 rings (SSSR count). The topological polar surface area (TPSA) is 6.48 Å². The molecule has 2 unspecified atom stereocenters. The Morgan fingerprint density at radius 2 is 0.662 bits per heavy atom. The summed E-state index contributed by atoms with van der Waals surface area (Å²) < 4.78 is 0. The summed E-state index contributed by atoms with van der Waals surface area (Å²) in [6.07, 6.45) is 3.49. The van der Waals surface area contributed by atoms with Crippen LogP contribution in [0.3, 0.4) is 0 Å². The largest absolute Gasteiger partial charge is 0.309 e. The summed E-state index contributed by atoms with van der Waals surface area (Å²) in [5, 5.41) is 0.681. The van der Waals surface area contributed by atoms with Crippen molar-refractivity contribution in [3.8, 4) is 55.6 Å². The van der Waals surface area contributed by atoms with Crippen LogP contribution in [0.25, 0.3) is 55.6 Å². The van der Waals surface area contributed by atoms with E-state index in [1.165, 1.54) is 17.5 Å². The quantitative estimate of drug-likeness (QED) is 0.120. The molecule has 1 saturated carbocycles. The van der Waals surface area contributed by atoms with Gasteiger partial charge in [0.2, 0.25) is 0 Å². The van der Waals surface area contributed by atoms with Crippen molar-refractivity contribution in [1.82, 2.24) is 0 Å². The van der Waals surface area contributed by atoms with Gasteiger partial charge in [-0.1, -0.05) is 232 Å². The van der Waals surface area contributed by atoms with Crippen molar-refractivity contribution in [2.45, 2.75) is 39.0 Å². The number of rotatable bonds is 12. The molecule has 0 N–H and O–H groups in total. The molecule has 10 aromatic carbocycles. The van der Waals surface area contributed by atoms with E-state index in [1.807, 2.05) is 6.07 Å². The molecule has 3 heteroatoms. The van der Waals surface area contributed by atoms with E-state index in [0.29, 0.717) is 22.8 Å². The zero-order valence-corrected chi connectivity index (χ0v) is 41.1. The third kappa shape index (κ3) is 9.69. The van der Waals surface area contributed by atoms with Crippen LogP contribution in [-0.4, -0.2) is 0 Å². The van der Waals surface area contributed by atoms with Gasteiger partial charge in [-0.2, -0.15) is 0 Å². The number of para-hydroxylation sites is 2. The first-order valence-electron chi connectivity index (χ1n) is 25.1. The van der Waals surface area contributed by atoms with Crippen molar-refractivity contribution < 1.29 is 0 Å². The Morgan fingerprint density at radius 3 is 1.07 bits per heavy atom. The van der Waals surface area contributed by atoms with Gasteiger partial charge in [0.05, 0.1) is 11.4 Å². The second-order valence-electron chi connectivity index (χ2n) is 19.3. The van der Waals surface area contributed by atoms with Gasteiger partial charge in [-0.3, -0.25) is 0 Å². The van der Waals surface area contributed by atoms with E-state index < -0.39 is 0 Å². The van der Waals surface area contributed by atoms with E-state index in [1.54, 1.807) is 0 Å². The monoisotopic (exact) mass is 936 g/mol. The molecule has 0 saturated heterocycles.